The van der Waals surface area contributed by atoms with Crippen molar-refractivity contribution >= 4 is 27.5 Å². The largest absolute Gasteiger partial charge is 0.382 e. The minimum absolute atomic E-state index is 0.0465. The van der Waals surface area contributed by atoms with E-state index >= 15 is 0 Å². The second-order valence-electron chi connectivity index (χ2n) is 5.04. The predicted octanol–water partition coefficient (Wildman–Crippen LogP) is 2.53. The van der Waals surface area contributed by atoms with Gasteiger partial charge in [-0.1, -0.05) is 25.4 Å². The molecule has 0 aliphatic rings. The van der Waals surface area contributed by atoms with Crippen molar-refractivity contribution in [2.45, 2.75) is 32.1 Å². The Morgan fingerprint density at radius 3 is 2.50 bits per heavy atom. The van der Waals surface area contributed by atoms with Crippen molar-refractivity contribution in [3.05, 3.63) is 28.8 Å². The van der Waals surface area contributed by atoms with E-state index in [1.165, 1.54) is 22.5 Å². The highest BCUT2D eigenvalue weighted by atomic mass is 35.5. The van der Waals surface area contributed by atoms with Crippen LogP contribution in [0.4, 0.5) is 0 Å². The van der Waals surface area contributed by atoms with Crippen molar-refractivity contribution in [3.63, 3.8) is 0 Å². The Hall–Kier alpha value is -1.15. The summed E-state index contributed by atoms with van der Waals surface area (Å²) < 4.78 is 31.7. The molecule has 1 aromatic carbocycles. The molecule has 1 amide bonds. The number of nitrogens with zero attached hydrogens (tertiary/aromatic N) is 1. The zero-order valence-corrected chi connectivity index (χ0v) is 15.9. The summed E-state index contributed by atoms with van der Waals surface area (Å²) in [4.78, 5) is 12.1. The fraction of sp³-hybridized carbons (Fsp3) is 0.562. The van der Waals surface area contributed by atoms with Crippen LogP contribution in [-0.2, 0) is 14.8 Å². The molecule has 0 saturated heterocycles. The van der Waals surface area contributed by atoms with E-state index < -0.39 is 10.0 Å². The standard InChI is InChI=1S/C16H25ClN2O4S/c1-4-19(5-2)24(21,22)15-12-13(8-9-14(15)17)16(20)18-10-7-11-23-6-3/h8-9,12H,4-7,10-11H2,1-3H3,(H,18,20). The molecule has 1 aromatic rings. The van der Waals surface area contributed by atoms with Crippen LogP contribution in [0.5, 0.6) is 0 Å². The third-order valence-corrected chi connectivity index (χ3v) is 6.00. The molecule has 136 valence electrons. The van der Waals surface area contributed by atoms with E-state index in [9.17, 15) is 13.2 Å². The van der Waals surface area contributed by atoms with E-state index in [1.807, 2.05) is 6.92 Å². The fourth-order valence-electron chi connectivity index (χ4n) is 2.17. The summed E-state index contributed by atoms with van der Waals surface area (Å²) in [5.41, 5.74) is 0.265. The molecule has 1 N–H and O–H groups in total. The van der Waals surface area contributed by atoms with Gasteiger partial charge in [0.2, 0.25) is 10.0 Å². The van der Waals surface area contributed by atoms with Crippen LogP contribution in [0, 0.1) is 0 Å². The molecule has 0 aromatic heterocycles. The number of hydrogen-bond donors (Lipinski definition) is 1. The molecule has 0 unspecified atom stereocenters. The van der Waals surface area contributed by atoms with Crippen molar-refractivity contribution < 1.29 is 17.9 Å². The number of carbonyl (C=O) groups excluding carboxylic acids is 1. The first-order valence-electron chi connectivity index (χ1n) is 8.04. The van der Waals surface area contributed by atoms with E-state index in [2.05, 4.69) is 5.32 Å². The molecule has 0 saturated carbocycles. The highest BCUT2D eigenvalue weighted by Crippen LogP contribution is 2.25. The van der Waals surface area contributed by atoms with Crippen molar-refractivity contribution in [2.24, 2.45) is 0 Å². The molecule has 0 spiro atoms. The van der Waals surface area contributed by atoms with Gasteiger partial charge >= 0.3 is 0 Å². The molecule has 0 heterocycles. The second-order valence-corrected chi connectivity index (χ2v) is 7.35. The number of carbonyl (C=O) groups is 1. The number of ether oxygens (including phenoxy) is 1. The number of nitrogens with one attached hydrogen (secondary N) is 1. The van der Waals surface area contributed by atoms with Crippen molar-refractivity contribution in [1.82, 2.24) is 9.62 Å². The summed E-state index contributed by atoms with van der Waals surface area (Å²) in [6, 6.07) is 4.28. The molecular weight excluding hydrogens is 352 g/mol. The topological polar surface area (TPSA) is 75.7 Å². The van der Waals surface area contributed by atoms with E-state index in [-0.39, 0.29) is 21.4 Å². The Morgan fingerprint density at radius 2 is 1.92 bits per heavy atom. The SMILES string of the molecule is CCOCCCNC(=O)c1ccc(Cl)c(S(=O)(=O)N(CC)CC)c1. The smallest absolute Gasteiger partial charge is 0.251 e. The monoisotopic (exact) mass is 376 g/mol. The number of halogens is 1. The quantitative estimate of drug-likeness (QED) is 0.636. The van der Waals surface area contributed by atoms with Gasteiger partial charge in [-0.25, -0.2) is 8.42 Å². The Bertz CT molecular complexity index is 645. The first kappa shape index (κ1) is 20.9. The lowest BCUT2D eigenvalue weighted by Gasteiger charge is -2.19. The average Bonchev–Trinajstić information content (AvgIpc) is 2.55. The summed E-state index contributed by atoms with van der Waals surface area (Å²) in [5.74, 6) is -0.334. The van der Waals surface area contributed by atoms with Crippen LogP contribution < -0.4 is 5.32 Å². The Morgan fingerprint density at radius 1 is 1.25 bits per heavy atom. The number of sulfonamides is 1. The molecule has 24 heavy (non-hydrogen) atoms. The van der Waals surface area contributed by atoms with Gasteiger partial charge in [0.1, 0.15) is 4.90 Å². The molecule has 0 aliphatic carbocycles. The maximum absolute atomic E-state index is 12.6. The van der Waals surface area contributed by atoms with Crippen LogP contribution in [0.3, 0.4) is 0 Å². The zero-order valence-electron chi connectivity index (χ0n) is 14.3. The fourth-order valence-corrected chi connectivity index (χ4v) is 4.13. The lowest BCUT2D eigenvalue weighted by Crippen LogP contribution is -2.31. The molecule has 0 fully saturated rings. The van der Waals surface area contributed by atoms with Crippen LogP contribution >= 0.6 is 11.6 Å². The summed E-state index contributed by atoms with van der Waals surface area (Å²) in [7, 11) is -3.72. The number of benzene rings is 1. The maximum atomic E-state index is 12.6. The van der Waals surface area contributed by atoms with Crippen LogP contribution in [0.25, 0.3) is 0 Å². The molecule has 6 nitrogen and oxygen atoms in total. The Kier molecular flexibility index (Phi) is 8.69. The van der Waals surface area contributed by atoms with Crippen LogP contribution in [-0.4, -0.2) is 51.5 Å². The molecular formula is C16H25ClN2O4S. The lowest BCUT2D eigenvalue weighted by atomic mass is 10.2. The van der Waals surface area contributed by atoms with Gasteiger partial charge in [0, 0.05) is 38.4 Å². The molecule has 8 heteroatoms. The summed E-state index contributed by atoms with van der Waals surface area (Å²) >= 11 is 6.05. The van der Waals surface area contributed by atoms with Gasteiger partial charge < -0.3 is 10.1 Å². The van der Waals surface area contributed by atoms with E-state index in [0.29, 0.717) is 39.3 Å². The maximum Gasteiger partial charge on any atom is 0.251 e. The Balaban J connectivity index is 2.91. The first-order valence-corrected chi connectivity index (χ1v) is 9.85. The molecule has 0 bridgehead atoms. The van der Waals surface area contributed by atoms with Crippen molar-refractivity contribution in [1.29, 1.82) is 0 Å². The zero-order chi connectivity index (χ0) is 18.2. The lowest BCUT2D eigenvalue weighted by molar-refractivity contribution is 0.0944. The third kappa shape index (κ3) is 5.44. The van der Waals surface area contributed by atoms with E-state index in [0.717, 1.165) is 0 Å². The number of rotatable bonds is 10. The number of hydrogen-bond acceptors (Lipinski definition) is 4. The van der Waals surface area contributed by atoms with Gasteiger partial charge in [-0.15, -0.1) is 0 Å². The summed E-state index contributed by atoms with van der Waals surface area (Å²) in [6.07, 6.45) is 0.692. The normalized spacial score (nSPS) is 11.7. The highest BCUT2D eigenvalue weighted by Gasteiger charge is 2.25. The van der Waals surface area contributed by atoms with Crippen molar-refractivity contribution in [3.8, 4) is 0 Å². The van der Waals surface area contributed by atoms with Gasteiger partial charge in [-0.05, 0) is 31.5 Å². The number of amides is 1. The Labute approximate surface area is 149 Å². The minimum atomic E-state index is -3.72. The van der Waals surface area contributed by atoms with Gasteiger partial charge in [-0.2, -0.15) is 4.31 Å². The second kappa shape index (κ2) is 9.98. The van der Waals surface area contributed by atoms with Crippen LogP contribution in [0.15, 0.2) is 23.1 Å². The van der Waals surface area contributed by atoms with Crippen LogP contribution in [0.2, 0.25) is 5.02 Å². The highest BCUT2D eigenvalue weighted by molar-refractivity contribution is 7.89. The first-order chi connectivity index (χ1) is 11.4. The summed E-state index contributed by atoms with van der Waals surface area (Å²) in [5, 5.41) is 2.85. The summed E-state index contributed by atoms with van der Waals surface area (Å²) in [6.45, 7) is 7.75. The molecule has 0 aliphatic heterocycles. The van der Waals surface area contributed by atoms with E-state index in [4.69, 9.17) is 16.3 Å². The van der Waals surface area contributed by atoms with Gasteiger partial charge in [0.25, 0.3) is 5.91 Å². The van der Waals surface area contributed by atoms with Crippen LogP contribution in [0.1, 0.15) is 37.6 Å². The predicted molar refractivity (Wildman–Crippen MR) is 95.0 cm³/mol. The minimum Gasteiger partial charge on any atom is -0.382 e. The van der Waals surface area contributed by atoms with Gasteiger partial charge in [0.05, 0.1) is 5.02 Å². The van der Waals surface area contributed by atoms with E-state index in [1.54, 1.807) is 13.8 Å². The van der Waals surface area contributed by atoms with Crippen molar-refractivity contribution in [2.75, 3.05) is 32.8 Å². The average molecular weight is 377 g/mol. The molecule has 0 atom stereocenters. The van der Waals surface area contributed by atoms with Gasteiger partial charge in [-0.3, -0.25) is 4.79 Å². The third-order valence-electron chi connectivity index (χ3n) is 3.47. The molecule has 1 rings (SSSR count). The molecule has 0 radical (unpaired) electrons. The van der Waals surface area contributed by atoms with Gasteiger partial charge in [0.15, 0.2) is 0 Å².